The van der Waals surface area contributed by atoms with Gasteiger partial charge in [-0.25, -0.2) is 20.0 Å². The fraction of sp³-hybridized carbons (Fsp3) is 0.333. The Balaban J connectivity index is 2.01. The first-order valence-corrected chi connectivity index (χ1v) is 7.34. The number of nitrogens with zero attached hydrogens (tertiary/aromatic N) is 5. The second-order valence-corrected chi connectivity index (χ2v) is 5.09. The quantitative estimate of drug-likeness (QED) is 0.836. The van der Waals surface area contributed by atoms with Gasteiger partial charge in [-0.1, -0.05) is 6.07 Å². The molecule has 8 heteroatoms. The molecule has 23 heavy (non-hydrogen) atoms. The average molecular weight is 314 g/mol. The van der Waals surface area contributed by atoms with Crippen LogP contribution in [-0.2, 0) is 4.74 Å². The lowest BCUT2D eigenvalue weighted by atomic mass is 10.2. The van der Waals surface area contributed by atoms with E-state index in [1.54, 1.807) is 6.20 Å². The molecular formula is C15H18N6O2. The second kappa shape index (κ2) is 6.67. The first kappa shape index (κ1) is 15.3. The van der Waals surface area contributed by atoms with Gasteiger partial charge in [-0.15, -0.1) is 0 Å². The van der Waals surface area contributed by atoms with Crippen LogP contribution in [0.5, 0.6) is 0 Å². The molecule has 0 unspecified atom stereocenters. The molecule has 3 heterocycles. The predicted octanol–water partition coefficient (Wildman–Crippen LogP) is 1.04. The van der Waals surface area contributed by atoms with Crippen molar-refractivity contribution in [1.29, 1.82) is 0 Å². The van der Waals surface area contributed by atoms with Crippen molar-refractivity contribution >= 4 is 23.4 Å². The smallest absolute Gasteiger partial charge is 0.248 e. The number of nitrogen functional groups attached to an aromatic ring is 1. The molecule has 2 N–H and O–H groups in total. The molecule has 1 aliphatic heterocycles. The average Bonchev–Trinajstić information content (AvgIpc) is 2.57. The number of hydrazine groups is 1. The lowest BCUT2D eigenvalue weighted by Gasteiger charge is -2.36. The number of hydrogen-bond acceptors (Lipinski definition) is 8. The molecule has 0 spiro atoms. The molecule has 2 aromatic rings. The third-order valence-electron chi connectivity index (χ3n) is 3.51. The normalized spacial score (nSPS) is 15.3. The number of aromatic nitrogens is 3. The van der Waals surface area contributed by atoms with Gasteiger partial charge >= 0.3 is 0 Å². The third kappa shape index (κ3) is 3.27. The molecule has 3 rings (SSSR count). The highest BCUT2D eigenvalue weighted by Crippen LogP contribution is 2.24. The highest BCUT2D eigenvalue weighted by atomic mass is 16.5. The number of pyridine rings is 1. The van der Waals surface area contributed by atoms with Crippen LogP contribution < -0.4 is 10.7 Å². The van der Waals surface area contributed by atoms with E-state index >= 15 is 0 Å². The molecular weight excluding hydrogens is 296 g/mol. The maximum absolute atomic E-state index is 11.5. The van der Waals surface area contributed by atoms with E-state index in [1.807, 2.05) is 28.2 Å². The van der Waals surface area contributed by atoms with E-state index in [0.29, 0.717) is 43.6 Å². The van der Waals surface area contributed by atoms with Gasteiger partial charge < -0.3 is 10.5 Å². The van der Waals surface area contributed by atoms with Crippen LogP contribution in [0.2, 0.25) is 0 Å². The van der Waals surface area contributed by atoms with Crippen molar-refractivity contribution in [2.75, 3.05) is 37.0 Å². The van der Waals surface area contributed by atoms with E-state index in [2.05, 4.69) is 15.0 Å². The van der Waals surface area contributed by atoms with Crippen LogP contribution >= 0.6 is 0 Å². The predicted molar refractivity (Wildman–Crippen MR) is 85.2 cm³/mol. The lowest BCUT2D eigenvalue weighted by molar-refractivity contribution is 0.0368. The van der Waals surface area contributed by atoms with Gasteiger partial charge in [-0.2, -0.15) is 4.98 Å². The summed E-state index contributed by atoms with van der Waals surface area (Å²) in [7, 11) is 0. The summed E-state index contributed by atoms with van der Waals surface area (Å²) in [6, 6.07) is 5.60. The number of nitrogens with two attached hydrogens (primary N) is 1. The van der Waals surface area contributed by atoms with Crippen molar-refractivity contribution in [2.24, 2.45) is 0 Å². The minimum absolute atomic E-state index is 0.162. The van der Waals surface area contributed by atoms with Gasteiger partial charge in [-0.05, 0) is 19.1 Å². The van der Waals surface area contributed by atoms with Crippen molar-refractivity contribution in [3.63, 3.8) is 0 Å². The van der Waals surface area contributed by atoms with Gasteiger partial charge in [0.15, 0.2) is 5.78 Å². The van der Waals surface area contributed by atoms with Crippen molar-refractivity contribution < 1.29 is 9.53 Å². The van der Waals surface area contributed by atoms with Gasteiger partial charge in [0.1, 0.15) is 11.6 Å². The highest BCUT2D eigenvalue weighted by molar-refractivity contribution is 5.98. The van der Waals surface area contributed by atoms with E-state index in [9.17, 15) is 4.79 Å². The maximum atomic E-state index is 11.5. The Morgan fingerprint density at radius 3 is 2.70 bits per heavy atom. The summed E-state index contributed by atoms with van der Waals surface area (Å²) >= 11 is 0. The van der Waals surface area contributed by atoms with E-state index in [-0.39, 0.29) is 11.6 Å². The summed E-state index contributed by atoms with van der Waals surface area (Å²) in [6.45, 7) is 4.05. The lowest BCUT2D eigenvalue weighted by Crippen LogP contribution is -2.47. The topological polar surface area (TPSA) is 97.5 Å². The highest BCUT2D eigenvalue weighted by Gasteiger charge is 2.24. The van der Waals surface area contributed by atoms with Crippen LogP contribution in [-0.4, -0.2) is 52.0 Å². The fourth-order valence-corrected chi connectivity index (χ4v) is 2.37. The molecule has 0 radical (unpaired) electrons. The van der Waals surface area contributed by atoms with Crippen LogP contribution in [0.1, 0.15) is 17.3 Å². The van der Waals surface area contributed by atoms with E-state index < -0.39 is 0 Å². The van der Waals surface area contributed by atoms with Gasteiger partial charge in [-0.3, -0.25) is 4.79 Å². The molecule has 0 bridgehead atoms. The first-order valence-electron chi connectivity index (χ1n) is 7.34. The van der Waals surface area contributed by atoms with Crippen LogP contribution in [0, 0.1) is 0 Å². The second-order valence-electron chi connectivity index (χ2n) is 5.09. The van der Waals surface area contributed by atoms with Crippen LogP contribution in [0.15, 0.2) is 30.6 Å². The Morgan fingerprint density at radius 2 is 2.09 bits per heavy atom. The standard InChI is InChI=1S/C15H18N6O2/c1-11(22)12-10-18-15(19-14(12)16)21(13-4-2-3-5-17-13)20-6-8-23-9-7-20/h2-5,10H,6-9H2,1H3,(H2,16,18,19). The fourth-order valence-electron chi connectivity index (χ4n) is 2.37. The molecule has 0 aromatic carbocycles. The number of carbonyl (C=O) groups is 1. The Kier molecular flexibility index (Phi) is 4.45. The van der Waals surface area contributed by atoms with E-state index in [4.69, 9.17) is 10.5 Å². The summed E-state index contributed by atoms with van der Waals surface area (Å²) in [6.07, 6.45) is 3.16. The van der Waals surface area contributed by atoms with Gasteiger partial charge in [0.25, 0.3) is 0 Å². The molecule has 120 valence electrons. The number of rotatable bonds is 4. The Bertz CT molecular complexity index is 688. The zero-order valence-electron chi connectivity index (χ0n) is 12.8. The van der Waals surface area contributed by atoms with E-state index in [0.717, 1.165) is 0 Å². The van der Waals surface area contributed by atoms with Gasteiger partial charge in [0.05, 0.1) is 18.8 Å². The van der Waals surface area contributed by atoms with Crippen molar-refractivity contribution in [1.82, 2.24) is 20.0 Å². The van der Waals surface area contributed by atoms with Crippen molar-refractivity contribution in [3.05, 3.63) is 36.2 Å². The summed E-state index contributed by atoms with van der Waals surface area (Å²) < 4.78 is 5.40. The molecule has 0 amide bonds. The van der Waals surface area contributed by atoms with E-state index in [1.165, 1.54) is 13.1 Å². The maximum Gasteiger partial charge on any atom is 0.248 e. The third-order valence-corrected chi connectivity index (χ3v) is 3.51. The summed E-state index contributed by atoms with van der Waals surface area (Å²) in [5.41, 5.74) is 6.22. The monoisotopic (exact) mass is 314 g/mol. The first-order chi connectivity index (χ1) is 11.2. The summed E-state index contributed by atoms with van der Waals surface area (Å²) in [5, 5.41) is 3.86. The number of morpholine rings is 1. The Morgan fingerprint density at radius 1 is 1.30 bits per heavy atom. The summed E-state index contributed by atoms with van der Waals surface area (Å²) in [4.78, 5) is 24.5. The largest absolute Gasteiger partial charge is 0.383 e. The van der Waals surface area contributed by atoms with Crippen LogP contribution in [0.3, 0.4) is 0 Å². The Hall–Kier alpha value is -2.58. The molecule has 0 aliphatic carbocycles. The zero-order chi connectivity index (χ0) is 16.2. The summed E-state index contributed by atoms with van der Waals surface area (Å²) in [5.74, 6) is 1.07. The minimum atomic E-state index is -0.162. The number of Topliss-reactive ketones (excluding diaryl/α,β-unsaturated/α-hetero) is 1. The van der Waals surface area contributed by atoms with Crippen LogP contribution in [0.25, 0.3) is 0 Å². The van der Waals surface area contributed by atoms with Crippen molar-refractivity contribution in [2.45, 2.75) is 6.92 Å². The molecule has 1 fully saturated rings. The molecule has 2 aromatic heterocycles. The van der Waals surface area contributed by atoms with Gasteiger partial charge in [0.2, 0.25) is 5.95 Å². The minimum Gasteiger partial charge on any atom is -0.383 e. The van der Waals surface area contributed by atoms with Crippen LogP contribution in [0.4, 0.5) is 17.6 Å². The molecule has 1 saturated heterocycles. The molecule has 0 saturated carbocycles. The molecule has 8 nitrogen and oxygen atoms in total. The number of ketones is 1. The zero-order valence-corrected chi connectivity index (χ0v) is 12.8. The number of anilines is 3. The number of ether oxygens (including phenoxy) is 1. The van der Waals surface area contributed by atoms with Crippen molar-refractivity contribution in [3.8, 4) is 0 Å². The molecule has 0 atom stereocenters. The molecule has 1 aliphatic rings. The number of hydrogen-bond donors (Lipinski definition) is 1. The SMILES string of the molecule is CC(=O)c1cnc(N(c2ccccn2)N2CCOCC2)nc1N. The Labute approximate surface area is 133 Å². The number of carbonyl (C=O) groups excluding carboxylic acids is 1. The van der Waals surface area contributed by atoms with Gasteiger partial charge in [0, 0.05) is 25.5 Å².